The standard InChI is InChI=1S/C21H21N/c1-21(2,3)17-11-7-10-16-19-15-9-6-5-8-14(15)12-13-18(19)22(4)20(16)17/h5-13H,1-4H3. The maximum absolute atomic E-state index is 2.36. The summed E-state index contributed by atoms with van der Waals surface area (Å²) in [6.07, 6.45) is 0. The Kier molecular flexibility index (Phi) is 2.65. The average molecular weight is 287 g/mol. The molecular formula is C21H21N. The minimum absolute atomic E-state index is 0.136. The minimum atomic E-state index is 0.136. The molecule has 0 aliphatic heterocycles. The van der Waals surface area contributed by atoms with Crippen LogP contribution in [0.4, 0.5) is 0 Å². The van der Waals surface area contributed by atoms with Gasteiger partial charge in [-0.2, -0.15) is 0 Å². The highest BCUT2D eigenvalue weighted by Gasteiger charge is 2.21. The third kappa shape index (κ3) is 1.72. The van der Waals surface area contributed by atoms with E-state index in [4.69, 9.17) is 0 Å². The zero-order chi connectivity index (χ0) is 15.5. The van der Waals surface area contributed by atoms with Crippen molar-refractivity contribution in [2.24, 2.45) is 7.05 Å². The predicted octanol–water partition coefficient (Wildman–Crippen LogP) is 5.78. The van der Waals surface area contributed by atoms with Crippen LogP contribution >= 0.6 is 0 Å². The SMILES string of the molecule is Cn1c2ccc3ccccc3c2c2cccc(C(C)(C)C)c21. The van der Waals surface area contributed by atoms with Gasteiger partial charge in [-0.25, -0.2) is 0 Å². The van der Waals surface area contributed by atoms with Gasteiger partial charge in [0.1, 0.15) is 0 Å². The zero-order valence-corrected chi connectivity index (χ0v) is 13.6. The minimum Gasteiger partial charge on any atom is -0.343 e. The normalized spacial score (nSPS) is 12.5. The lowest BCUT2D eigenvalue weighted by molar-refractivity contribution is 0.593. The van der Waals surface area contributed by atoms with Gasteiger partial charge in [0.2, 0.25) is 0 Å². The van der Waals surface area contributed by atoms with Gasteiger partial charge >= 0.3 is 0 Å². The molecule has 0 radical (unpaired) electrons. The van der Waals surface area contributed by atoms with E-state index in [1.54, 1.807) is 0 Å². The van der Waals surface area contributed by atoms with E-state index in [0.29, 0.717) is 0 Å². The molecule has 22 heavy (non-hydrogen) atoms. The summed E-state index contributed by atoms with van der Waals surface area (Å²) < 4.78 is 2.36. The van der Waals surface area contributed by atoms with E-state index >= 15 is 0 Å². The van der Waals surface area contributed by atoms with Crippen LogP contribution in [-0.4, -0.2) is 4.57 Å². The van der Waals surface area contributed by atoms with Crippen molar-refractivity contribution in [3.05, 3.63) is 60.2 Å². The van der Waals surface area contributed by atoms with Crippen molar-refractivity contribution in [2.45, 2.75) is 26.2 Å². The fraction of sp³-hybridized carbons (Fsp3) is 0.238. The van der Waals surface area contributed by atoms with Crippen LogP contribution < -0.4 is 0 Å². The van der Waals surface area contributed by atoms with E-state index in [-0.39, 0.29) is 5.41 Å². The summed E-state index contributed by atoms with van der Waals surface area (Å²) in [6.45, 7) is 6.87. The Morgan fingerprint density at radius 2 is 1.50 bits per heavy atom. The summed E-state index contributed by atoms with van der Waals surface area (Å²) in [4.78, 5) is 0. The van der Waals surface area contributed by atoms with E-state index in [1.165, 1.54) is 38.1 Å². The summed E-state index contributed by atoms with van der Waals surface area (Å²) in [5.41, 5.74) is 4.22. The van der Waals surface area contributed by atoms with Gasteiger partial charge in [-0.1, -0.05) is 69.3 Å². The van der Waals surface area contributed by atoms with Crippen LogP contribution in [-0.2, 0) is 12.5 Å². The van der Waals surface area contributed by atoms with Crippen molar-refractivity contribution in [1.82, 2.24) is 4.57 Å². The Morgan fingerprint density at radius 1 is 0.773 bits per heavy atom. The van der Waals surface area contributed by atoms with Crippen LogP contribution in [0.25, 0.3) is 32.6 Å². The molecule has 0 N–H and O–H groups in total. The fourth-order valence-electron chi connectivity index (χ4n) is 3.65. The van der Waals surface area contributed by atoms with Gasteiger partial charge in [0.25, 0.3) is 0 Å². The molecule has 0 bridgehead atoms. The molecule has 0 aliphatic rings. The molecule has 4 rings (SSSR count). The number of para-hydroxylation sites is 1. The third-order valence-corrected chi connectivity index (χ3v) is 4.72. The Morgan fingerprint density at radius 3 is 2.27 bits per heavy atom. The van der Waals surface area contributed by atoms with Crippen LogP contribution in [0.15, 0.2) is 54.6 Å². The molecule has 110 valence electrons. The fourth-order valence-corrected chi connectivity index (χ4v) is 3.65. The van der Waals surface area contributed by atoms with Crippen LogP contribution in [0.3, 0.4) is 0 Å². The highest BCUT2D eigenvalue weighted by Crippen LogP contribution is 2.38. The van der Waals surface area contributed by atoms with Crippen molar-refractivity contribution in [1.29, 1.82) is 0 Å². The van der Waals surface area contributed by atoms with Crippen molar-refractivity contribution < 1.29 is 0 Å². The first-order valence-corrected chi connectivity index (χ1v) is 7.88. The number of fused-ring (bicyclic) bond motifs is 5. The highest BCUT2D eigenvalue weighted by molar-refractivity contribution is 6.21. The monoisotopic (exact) mass is 287 g/mol. The Bertz CT molecular complexity index is 1010. The molecule has 1 heteroatoms. The van der Waals surface area contributed by atoms with Gasteiger partial charge in [-0.15, -0.1) is 0 Å². The Balaban J connectivity index is 2.31. The number of rotatable bonds is 0. The van der Waals surface area contributed by atoms with E-state index < -0.39 is 0 Å². The Hall–Kier alpha value is -2.28. The molecule has 0 saturated heterocycles. The molecule has 1 nitrogen and oxygen atoms in total. The molecule has 0 atom stereocenters. The lowest BCUT2D eigenvalue weighted by Gasteiger charge is -2.21. The largest absolute Gasteiger partial charge is 0.343 e. The van der Waals surface area contributed by atoms with Crippen LogP contribution in [0.2, 0.25) is 0 Å². The molecule has 1 heterocycles. The van der Waals surface area contributed by atoms with E-state index in [2.05, 4.69) is 87.0 Å². The molecular weight excluding hydrogens is 266 g/mol. The topological polar surface area (TPSA) is 4.93 Å². The number of aryl methyl sites for hydroxylation is 1. The Labute approximate surface area is 131 Å². The van der Waals surface area contributed by atoms with Gasteiger partial charge in [-0.05, 0) is 27.8 Å². The van der Waals surface area contributed by atoms with E-state index in [0.717, 1.165) is 0 Å². The van der Waals surface area contributed by atoms with Gasteiger partial charge in [0, 0.05) is 23.3 Å². The second kappa shape index (κ2) is 4.36. The summed E-state index contributed by atoms with van der Waals surface area (Å²) in [5.74, 6) is 0. The molecule has 3 aromatic carbocycles. The molecule has 0 unspecified atom stereocenters. The maximum atomic E-state index is 2.36. The summed E-state index contributed by atoms with van der Waals surface area (Å²) >= 11 is 0. The van der Waals surface area contributed by atoms with Crippen LogP contribution in [0.1, 0.15) is 26.3 Å². The zero-order valence-electron chi connectivity index (χ0n) is 13.6. The van der Waals surface area contributed by atoms with Gasteiger partial charge in [-0.3, -0.25) is 0 Å². The van der Waals surface area contributed by atoms with E-state index in [9.17, 15) is 0 Å². The number of aromatic nitrogens is 1. The molecule has 0 amide bonds. The second-order valence-electron chi connectivity index (χ2n) is 7.19. The average Bonchev–Trinajstić information content (AvgIpc) is 2.80. The summed E-state index contributed by atoms with van der Waals surface area (Å²) in [7, 11) is 2.19. The summed E-state index contributed by atoms with van der Waals surface area (Å²) in [6, 6.07) is 19.9. The van der Waals surface area contributed by atoms with Crippen molar-refractivity contribution in [3.8, 4) is 0 Å². The molecule has 0 saturated carbocycles. The molecule has 4 aromatic rings. The predicted molar refractivity (Wildman–Crippen MR) is 96.6 cm³/mol. The molecule has 0 aliphatic carbocycles. The van der Waals surface area contributed by atoms with Gasteiger partial charge in [0.15, 0.2) is 0 Å². The maximum Gasteiger partial charge on any atom is 0.0526 e. The molecule has 0 fully saturated rings. The number of nitrogens with zero attached hydrogens (tertiary/aromatic N) is 1. The van der Waals surface area contributed by atoms with Crippen LogP contribution in [0, 0.1) is 0 Å². The molecule has 0 spiro atoms. The molecule has 1 aromatic heterocycles. The van der Waals surface area contributed by atoms with E-state index in [1.807, 2.05) is 0 Å². The quantitative estimate of drug-likeness (QED) is 0.386. The number of hydrogen-bond donors (Lipinski definition) is 0. The second-order valence-corrected chi connectivity index (χ2v) is 7.19. The van der Waals surface area contributed by atoms with Crippen molar-refractivity contribution in [2.75, 3.05) is 0 Å². The highest BCUT2D eigenvalue weighted by atomic mass is 14.9. The number of benzene rings is 3. The lowest BCUT2D eigenvalue weighted by Crippen LogP contribution is -2.12. The van der Waals surface area contributed by atoms with Crippen LogP contribution in [0.5, 0.6) is 0 Å². The third-order valence-electron chi connectivity index (χ3n) is 4.72. The first-order chi connectivity index (χ1) is 10.5. The summed E-state index contributed by atoms with van der Waals surface area (Å²) in [5, 5.41) is 5.39. The smallest absolute Gasteiger partial charge is 0.0526 e. The van der Waals surface area contributed by atoms with Gasteiger partial charge < -0.3 is 4.57 Å². The number of hydrogen-bond acceptors (Lipinski definition) is 0. The van der Waals surface area contributed by atoms with Gasteiger partial charge in [0.05, 0.1) is 5.52 Å². The first kappa shape index (κ1) is 13.4. The lowest BCUT2D eigenvalue weighted by atomic mass is 9.85. The van der Waals surface area contributed by atoms with Crippen molar-refractivity contribution in [3.63, 3.8) is 0 Å². The first-order valence-electron chi connectivity index (χ1n) is 7.88. The van der Waals surface area contributed by atoms with Crippen molar-refractivity contribution >= 4 is 32.6 Å².